The number of esters is 1. The minimum Gasteiger partial charge on any atom is -0.463 e. The average molecular weight is 528 g/mol. The third-order valence-electron chi connectivity index (χ3n) is 6.53. The summed E-state index contributed by atoms with van der Waals surface area (Å²) >= 11 is 0. The van der Waals surface area contributed by atoms with Crippen LogP contribution in [0.2, 0.25) is 0 Å². The fourth-order valence-electron chi connectivity index (χ4n) is 4.30. The number of hydrogen-bond donors (Lipinski definition) is 2. The van der Waals surface area contributed by atoms with Crippen LogP contribution in [0, 0.1) is 0 Å². The molecule has 8 nitrogen and oxygen atoms in total. The van der Waals surface area contributed by atoms with Crippen LogP contribution >= 0.6 is 0 Å². The normalized spacial score (nSPS) is 21.0. The third-order valence-corrected chi connectivity index (χ3v) is 6.53. The molecule has 1 fully saturated rings. The maximum atomic E-state index is 14.5. The van der Waals surface area contributed by atoms with Gasteiger partial charge < -0.3 is 20.3 Å². The maximum absolute atomic E-state index is 14.5. The SMILES string of the molecule is CCCCCCCC/C=C/CCCCCCCC(=O)OC[C@H]1O[C@H](n2ccc(N)nc2=O)C(F)(F)[C@@H]1O. The maximum Gasteiger partial charge on any atom is 0.351 e. The highest BCUT2D eigenvalue weighted by Crippen LogP contribution is 2.42. The lowest BCUT2D eigenvalue weighted by molar-refractivity contribution is -0.150. The number of nitrogens with two attached hydrogens (primary N) is 1. The van der Waals surface area contributed by atoms with Crippen LogP contribution in [0.1, 0.15) is 103 Å². The van der Waals surface area contributed by atoms with E-state index in [1.165, 1.54) is 44.6 Å². The first-order chi connectivity index (χ1) is 17.8. The summed E-state index contributed by atoms with van der Waals surface area (Å²) in [5.41, 5.74) is 4.35. The predicted octanol–water partition coefficient (Wildman–Crippen LogP) is 5.30. The molecule has 10 heteroatoms. The molecular weight excluding hydrogens is 484 g/mol. The number of nitrogens with zero attached hydrogens (tertiary/aromatic N) is 2. The van der Waals surface area contributed by atoms with Gasteiger partial charge in [0.2, 0.25) is 6.23 Å². The third kappa shape index (κ3) is 10.5. The summed E-state index contributed by atoms with van der Waals surface area (Å²) in [6.45, 7) is 1.70. The Hall–Kier alpha value is -2.33. The van der Waals surface area contributed by atoms with E-state index in [0.717, 1.165) is 44.7 Å². The molecule has 3 N–H and O–H groups in total. The molecule has 1 aliphatic rings. The van der Waals surface area contributed by atoms with Crippen LogP contribution in [0.3, 0.4) is 0 Å². The van der Waals surface area contributed by atoms with Gasteiger partial charge in [0.15, 0.2) is 6.10 Å². The Morgan fingerprint density at radius 3 is 2.32 bits per heavy atom. The van der Waals surface area contributed by atoms with Crippen molar-refractivity contribution in [1.82, 2.24) is 9.55 Å². The minimum atomic E-state index is -3.78. The predicted molar refractivity (Wildman–Crippen MR) is 138 cm³/mol. The second-order valence-corrected chi connectivity index (χ2v) is 9.71. The van der Waals surface area contributed by atoms with Gasteiger partial charge in [0.25, 0.3) is 0 Å². The Bertz CT molecular complexity index is 893. The summed E-state index contributed by atoms with van der Waals surface area (Å²) in [4.78, 5) is 27.3. The van der Waals surface area contributed by atoms with Crippen molar-refractivity contribution in [3.05, 3.63) is 34.9 Å². The molecule has 1 aliphatic heterocycles. The van der Waals surface area contributed by atoms with Gasteiger partial charge in [0.1, 0.15) is 18.5 Å². The van der Waals surface area contributed by atoms with Crippen LogP contribution in [0.15, 0.2) is 29.2 Å². The Morgan fingerprint density at radius 2 is 1.70 bits per heavy atom. The topological polar surface area (TPSA) is 117 Å². The molecule has 1 saturated heterocycles. The molecule has 0 aliphatic carbocycles. The van der Waals surface area contributed by atoms with E-state index in [0.29, 0.717) is 11.0 Å². The smallest absolute Gasteiger partial charge is 0.351 e. The van der Waals surface area contributed by atoms with E-state index in [-0.39, 0.29) is 12.2 Å². The van der Waals surface area contributed by atoms with Crippen LogP contribution in [0.25, 0.3) is 0 Å². The number of nitrogen functional groups attached to an aromatic ring is 1. The first-order valence-corrected chi connectivity index (χ1v) is 13.6. The van der Waals surface area contributed by atoms with Gasteiger partial charge >= 0.3 is 17.6 Å². The highest BCUT2D eigenvalue weighted by atomic mass is 19.3. The number of hydrogen-bond acceptors (Lipinski definition) is 7. The molecule has 0 amide bonds. The number of aliphatic hydroxyl groups is 1. The highest BCUT2D eigenvalue weighted by Gasteiger charge is 2.60. The molecule has 3 atom stereocenters. The van der Waals surface area contributed by atoms with Gasteiger partial charge in [0, 0.05) is 12.6 Å². The molecule has 210 valence electrons. The van der Waals surface area contributed by atoms with Crippen molar-refractivity contribution < 1.29 is 28.2 Å². The molecule has 37 heavy (non-hydrogen) atoms. The van der Waals surface area contributed by atoms with E-state index >= 15 is 0 Å². The standard InChI is InChI=1S/C27H43F2N3O5/c1-2-3-4-5-6-7-8-9-10-11-12-13-14-15-16-17-23(33)36-20-21-24(34)27(28,29)25(37-21)32-19-18-22(30)31-26(32)35/h9-10,18-19,21,24-25,34H,2-8,11-17,20H2,1H3,(H2,30,31,35)/b10-9+/t21-,24-,25+/m1/s1. The van der Waals surface area contributed by atoms with Crippen molar-refractivity contribution in [2.45, 2.75) is 121 Å². The first kappa shape index (κ1) is 30.9. The molecule has 0 saturated carbocycles. The van der Waals surface area contributed by atoms with Crippen LogP contribution in [0.5, 0.6) is 0 Å². The number of allylic oxidation sites excluding steroid dienone is 2. The number of carbonyl (C=O) groups excluding carboxylic acids is 1. The quantitative estimate of drug-likeness (QED) is 0.151. The van der Waals surface area contributed by atoms with Gasteiger partial charge in [-0.3, -0.25) is 9.36 Å². The number of aromatic nitrogens is 2. The summed E-state index contributed by atoms with van der Waals surface area (Å²) < 4.78 is 39.8. The molecule has 0 radical (unpaired) electrons. The van der Waals surface area contributed by atoms with Crippen molar-refractivity contribution in [2.75, 3.05) is 12.3 Å². The number of ether oxygens (including phenoxy) is 2. The molecule has 0 bridgehead atoms. The number of rotatable bonds is 18. The van der Waals surface area contributed by atoms with Gasteiger partial charge in [-0.25, -0.2) is 4.79 Å². The van der Waals surface area contributed by atoms with Crippen molar-refractivity contribution in [2.24, 2.45) is 0 Å². The minimum absolute atomic E-state index is 0.121. The monoisotopic (exact) mass is 527 g/mol. The fraction of sp³-hybridized carbons (Fsp3) is 0.741. The van der Waals surface area contributed by atoms with Crippen LogP contribution < -0.4 is 11.4 Å². The van der Waals surface area contributed by atoms with Crippen molar-refractivity contribution in [3.63, 3.8) is 0 Å². The molecule has 0 unspecified atom stereocenters. The Balaban J connectivity index is 1.54. The van der Waals surface area contributed by atoms with E-state index in [4.69, 9.17) is 15.2 Å². The van der Waals surface area contributed by atoms with Crippen molar-refractivity contribution in [1.29, 1.82) is 0 Å². The van der Waals surface area contributed by atoms with Crippen LogP contribution in [-0.4, -0.2) is 45.4 Å². The molecule has 0 aromatic carbocycles. The lowest BCUT2D eigenvalue weighted by Crippen LogP contribution is -2.42. The second-order valence-electron chi connectivity index (χ2n) is 9.71. The Morgan fingerprint density at radius 1 is 1.11 bits per heavy atom. The van der Waals surface area contributed by atoms with E-state index in [9.17, 15) is 23.5 Å². The van der Waals surface area contributed by atoms with Gasteiger partial charge in [-0.05, 0) is 38.2 Å². The number of anilines is 1. The zero-order chi connectivity index (χ0) is 27.1. The van der Waals surface area contributed by atoms with E-state index in [1.807, 2.05) is 0 Å². The number of halogens is 2. The van der Waals surface area contributed by atoms with Crippen LogP contribution in [-0.2, 0) is 14.3 Å². The summed E-state index contributed by atoms with van der Waals surface area (Å²) in [5, 5.41) is 9.99. The molecule has 2 heterocycles. The largest absolute Gasteiger partial charge is 0.463 e. The van der Waals surface area contributed by atoms with Crippen LogP contribution in [0.4, 0.5) is 14.6 Å². The summed E-state index contributed by atoms with van der Waals surface area (Å²) in [7, 11) is 0. The average Bonchev–Trinajstić information content (AvgIpc) is 3.08. The number of alkyl halides is 2. The number of carbonyl (C=O) groups is 1. The first-order valence-electron chi connectivity index (χ1n) is 13.6. The Kier molecular flexibility index (Phi) is 13.8. The summed E-state index contributed by atoms with van der Waals surface area (Å²) in [6, 6.07) is 1.18. The molecule has 1 aromatic heterocycles. The van der Waals surface area contributed by atoms with E-state index < -0.39 is 42.6 Å². The van der Waals surface area contributed by atoms with E-state index in [1.54, 1.807) is 0 Å². The lowest BCUT2D eigenvalue weighted by Gasteiger charge is -2.20. The lowest BCUT2D eigenvalue weighted by atomic mass is 10.1. The van der Waals surface area contributed by atoms with Gasteiger partial charge in [-0.2, -0.15) is 13.8 Å². The Labute approximate surface area is 218 Å². The summed E-state index contributed by atoms with van der Waals surface area (Å²) in [5.74, 6) is -4.43. The molecule has 0 spiro atoms. The highest BCUT2D eigenvalue weighted by molar-refractivity contribution is 5.69. The van der Waals surface area contributed by atoms with Crippen molar-refractivity contribution in [3.8, 4) is 0 Å². The zero-order valence-electron chi connectivity index (χ0n) is 22.0. The molecular formula is C27H43F2N3O5. The number of unbranched alkanes of at least 4 members (excludes halogenated alkanes) is 11. The zero-order valence-corrected chi connectivity index (χ0v) is 22.0. The van der Waals surface area contributed by atoms with Crippen molar-refractivity contribution >= 4 is 11.8 Å². The number of aliphatic hydroxyl groups excluding tert-OH is 1. The molecule has 2 rings (SSSR count). The fourth-order valence-corrected chi connectivity index (χ4v) is 4.30. The summed E-state index contributed by atoms with van der Waals surface area (Å²) in [6.07, 6.45) is 14.8. The van der Waals surface area contributed by atoms with Gasteiger partial charge in [-0.15, -0.1) is 0 Å². The van der Waals surface area contributed by atoms with Gasteiger partial charge in [0.05, 0.1) is 0 Å². The second kappa shape index (κ2) is 16.5. The van der Waals surface area contributed by atoms with Gasteiger partial charge in [-0.1, -0.05) is 70.4 Å². The van der Waals surface area contributed by atoms with E-state index in [2.05, 4.69) is 24.1 Å². The molecule has 1 aromatic rings.